The van der Waals surface area contributed by atoms with Gasteiger partial charge in [-0.1, -0.05) is 0 Å². The van der Waals surface area contributed by atoms with E-state index >= 15 is 0 Å². The van der Waals surface area contributed by atoms with Gasteiger partial charge in [0, 0.05) is 0 Å². The van der Waals surface area contributed by atoms with Gasteiger partial charge in [-0.05, 0) is 0 Å². The summed E-state index contributed by atoms with van der Waals surface area (Å²) in [5.41, 5.74) is 11.7. The molecule has 2 atom stereocenters. The van der Waals surface area contributed by atoms with Crippen molar-refractivity contribution in [1.29, 1.82) is 0 Å². The summed E-state index contributed by atoms with van der Waals surface area (Å²) in [4.78, 5) is 0. The molecule has 0 amide bonds. The van der Waals surface area contributed by atoms with Gasteiger partial charge in [-0.3, -0.25) is 9.11 Å². The molecule has 1 aliphatic rings. The van der Waals surface area contributed by atoms with Gasteiger partial charge < -0.3 is 0 Å². The first-order valence-corrected chi connectivity index (χ1v) is 6.56. The second-order valence-electron chi connectivity index (χ2n) is 3.17. The molecule has 6 nitrogen and oxygen atoms in total. The van der Waals surface area contributed by atoms with E-state index in [0.717, 1.165) is 12.8 Å². The summed E-state index contributed by atoms with van der Waals surface area (Å²) in [6, 6.07) is 0.216. The summed E-state index contributed by atoms with van der Waals surface area (Å²) < 4.78 is 31.5. The van der Waals surface area contributed by atoms with Crippen molar-refractivity contribution in [2.75, 3.05) is 0 Å². The summed E-state index contributed by atoms with van der Waals surface area (Å²) in [6.45, 7) is 0. The van der Waals surface area contributed by atoms with Gasteiger partial charge in [0.2, 0.25) is 0 Å². The van der Waals surface area contributed by atoms with Gasteiger partial charge in [-0.25, -0.2) is 0 Å². The van der Waals surface area contributed by atoms with E-state index in [1.54, 1.807) is 0 Å². The van der Waals surface area contributed by atoms with Gasteiger partial charge in [0.05, 0.1) is 0 Å². The molecule has 0 saturated heterocycles. The third-order valence-corrected chi connectivity index (χ3v) is 3.31. The Kier molecular flexibility index (Phi) is 5.72. The number of hydrogen-bond donors (Lipinski definition) is 4. The Morgan fingerprint density at radius 1 is 1.36 bits per heavy atom. The van der Waals surface area contributed by atoms with Crippen molar-refractivity contribution >= 4 is 10.4 Å². The summed E-state index contributed by atoms with van der Waals surface area (Å²) in [5.74, 6) is 0. The maximum absolute atomic E-state index is 8.74. The Morgan fingerprint density at radius 2 is 1.79 bits per heavy atom. The van der Waals surface area contributed by atoms with Crippen LogP contribution < -0.4 is 11.5 Å². The fraction of sp³-hybridized carbons (Fsp3) is 1.00. The predicted octanol–water partition coefficient (Wildman–Crippen LogP) is -0.563. The van der Waals surface area contributed by atoms with Gasteiger partial charge in [-0.15, -0.1) is 0 Å². The van der Waals surface area contributed by atoms with Crippen LogP contribution >= 0.6 is 0 Å². The van der Waals surface area contributed by atoms with E-state index in [2.05, 4.69) is 19.8 Å². The van der Waals surface area contributed by atoms with Gasteiger partial charge in [-0.2, -0.15) is 8.42 Å². The normalized spacial score (nSPS) is 33.1. The minimum Gasteiger partial charge on any atom is -0.264 e. The number of rotatable bonds is 0. The van der Waals surface area contributed by atoms with Crippen LogP contribution in [0, 0.1) is 0 Å². The molecule has 0 aliphatic heterocycles. The van der Waals surface area contributed by atoms with Crippen LogP contribution in [0.15, 0.2) is 0 Å². The van der Waals surface area contributed by atoms with Crippen LogP contribution in [-0.2, 0) is 30.2 Å². The Hall–Kier alpha value is 0.478. The zero-order valence-corrected chi connectivity index (χ0v) is 10.6. The van der Waals surface area contributed by atoms with E-state index in [4.69, 9.17) is 29.0 Å². The first-order valence-electron chi connectivity index (χ1n) is 4.03. The first-order chi connectivity index (χ1) is 6.13. The monoisotopic (exact) mass is 406 g/mol. The maximum Gasteiger partial charge on any atom is 0.394 e. The standard InChI is InChI=1S/C6H13N2.H2O4S.Pt/c7-5-3-1-2-4-6(5)8;1-5(2,3)4;/h5H,1-4,7-8H2;(H2,1,2,3,4);/t5-;;/m1../s1. The molecule has 0 radical (unpaired) electrons. The van der Waals surface area contributed by atoms with Crippen molar-refractivity contribution in [2.24, 2.45) is 11.5 Å². The van der Waals surface area contributed by atoms with Crippen molar-refractivity contribution in [3.05, 3.63) is 0 Å². The molecular weight excluding hydrogens is 391 g/mol. The Labute approximate surface area is 94.9 Å². The molecule has 1 fully saturated rings. The molecule has 0 spiro atoms. The van der Waals surface area contributed by atoms with E-state index in [-0.39, 0.29) is 9.97 Å². The Balaban J connectivity index is 0.000000292. The van der Waals surface area contributed by atoms with Gasteiger partial charge >= 0.3 is 77.3 Å². The summed E-state index contributed by atoms with van der Waals surface area (Å²) in [5, 5.41) is 0. The van der Waals surface area contributed by atoms with Crippen LogP contribution in [-0.4, -0.2) is 27.5 Å². The maximum atomic E-state index is 8.74. The van der Waals surface area contributed by atoms with Crippen molar-refractivity contribution in [1.82, 2.24) is 0 Å². The van der Waals surface area contributed by atoms with Crippen molar-refractivity contribution < 1.29 is 37.3 Å². The van der Waals surface area contributed by atoms with E-state index in [1.807, 2.05) is 0 Å². The van der Waals surface area contributed by atoms with E-state index in [1.165, 1.54) is 12.8 Å². The van der Waals surface area contributed by atoms with Crippen molar-refractivity contribution in [2.45, 2.75) is 35.7 Å². The molecule has 0 unspecified atom stereocenters. The van der Waals surface area contributed by atoms with Crippen LogP contribution in [0.4, 0.5) is 0 Å². The summed E-state index contributed by atoms with van der Waals surface area (Å²) >= 11 is 2.25. The molecule has 14 heavy (non-hydrogen) atoms. The minimum atomic E-state index is -4.67. The molecule has 89 valence electrons. The van der Waals surface area contributed by atoms with Gasteiger partial charge in [0.15, 0.2) is 0 Å². The average molecular weight is 406 g/mol. The topological polar surface area (TPSA) is 127 Å². The Bertz CT molecular complexity index is 259. The minimum absolute atomic E-state index is 0.113. The quantitative estimate of drug-likeness (QED) is 0.400. The second-order valence-corrected chi connectivity index (χ2v) is 6.18. The van der Waals surface area contributed by atoms with Crippen molar-refractivity contribution in [3.63, 3.8) is 0 Å². The zero-order valence-electron chi connectivity index (χ0n) is 7.50. The zero-order chi connectivity index (χ0) is 11.4. The summed E-state index contributed by atoms with van der Waals surface area (Å²) in [6.07, 6.45) is 4.67. The van der Waals surface area contributed by atoms with Crippen LogP contribution in [0.25, 0.3) is 0 Å². The molecule has 1 rings (SSSR count). The SMILES string of the molecule is N[C@@H]1CCCC[C@]1(N)[Pt].O=S(=O)(O)O. The fourth-order valence-electron chi connectivity index (χ4n) is 1.17. The second kappa shape index (κ2) is 5.53. The molecule has 0 heterocycles. The van der Waals surface area contributed by atoms with Gasteiger partial charge in [0.1, 0.15) is 0 Å². The molecule has 6 N–H and O–H groups in total. The molecule has 1 aliphatic carbocycles. The Morgan fingerprint density at radius 3 is 2.00 bits per heavy atom. The smallest absolute Gasteiger partial charge is 0.264 e. The van der Waals surface area contributed by atoms with E-state index in [0.29, 0.717) is 0 Å². The molecule has 0 aromatic heterocycles. The molecule has 0 aromatic carbocycles. The van der Waals surface area contributed by atoms with Gasteiger partial charge in [0.25, 0.3) is 0 Å². The summed E-state index contributed by atoms with van der Waals surface area (Å²) in [7, 11) is -4.67. The molecule has 0 bridgehead atoms. The third-order valence-electron chi connectivity index (χ3n) is 1.90. The fourth-order valence-corrected chi connectivity index (χ4v) is 1.90. The molecule has 1 saturated carbocycles. The predicted molar refractivity (Wildman–Crippen MR) is 47.5 cm³/mol. The van der Waals surface area contributed by atoms with Crippen LogP contribution in [0.5, 0.6) is 0 Å². The number of nitrogens with two attached hydrogens (primary N) is 2. The average Bonchev–Trinajstić information content (AvgIpc) is 1.92. The molecule has 8 heteroatoms. The van der Waals surface area contributed by atoms with Crippen LogP contribution in [0.3, 0.4) is 0 Å². The molecular formula is C6H15N2O4PtS. The number of hydrogen-bond acceptors (Lipinski definition) is 4. The third kappa shape index (κ3) is 7.84. The first kappa shape index (κ1) is 14.5. The van der Waals surface area contributed by atoms with Crippen LogP contribution in [0.2, 0.25) is 0 Å². The van der Waals surface area contributed by atoms with E-state index < -0.39 is 10.4 Å². The van der Waals surface area contributed by atoms with Crippen LogP contribution in [0.1, 0.15) is 25.7 Å². The largest absolute Gasteiger partial charge is 0.394 e. The van der Waals surface area contributed by atoms with E-state index in [9.17, 15) is 0 Å². The molecule has 0 aromatic rings. The van der Waals surface area contributed by atoms with Crippen molar-refractivity contribution in [3.8, 4) is 0 Å².